The quantitative estimate of drug-likeness (QED) is 0.478. The fraction of sp³-hybridized carbons (Fsp3) is 0.400. The molecule has 0 spiro atoms. The molecule has 2 unspecified atom stereocenters. The van der Waals surface area contributed by atoms with E-state index in [2.05, 4.69) is 19.1 Å². The fourth-order valence-corrected chi connectivity index (χ4v) is 2.30. The summed E-state index contributed by atoms with van der Waals surface area (Å²) < 4.78 is 5.69. The van der Waals surface area contributed by atoms with Crippen LogP contribution in [-0.2, 0) is 0 Å². The molecule has 1 aromatic carbocycles. The molecule has 0 saturated carbocycles. The number of nitriles is 1. The zero-order valence-electron chi connectivity index (χ0n) is 11.3. The van der Waals surface area contributed by atoms with Gasteiger partial charge in [-0.25, -0.2) is 0 Å². The van der Waals surface area contributed by atoms with Crippen molar-refractivity contribution >= 4 is 5.69 Å². The minimum atomic E-state index is -0.559. The molecule has 20 heavy (non-hydrogen) atoms. The van der Waals surface area contributed by atoms with Gasteiger partial charge in [-0.2, -0.15) is 5.26 Å². The van der Waals surface area contributed by atoms with E-state index in [0.29, 0.717) is 24.2 Å². The van der Waals surface area contributed by atoms with Gasteiger partial charge in [0.25, 0.3) is 5.69 Å². The van der Waals surface area contributed by atoms with Crippen LogP contribution in [0.15, 0.2) is 30.4 Å². The van der Waals surface area contributed by atoms with Crippen LogP contribution in [0, 0.1) is 33.3 Å². The monoisotopic (exact) mass is 272 g/mol. The van der Waals surface area contributed by atoms with Crippen molar-refractivity contribution in [3.05, 3.63) is 46.0 Å². The summed E-state index contributed by atoms with van der Waals surface area (Å²) in [5, 5.41) is 19.7. The van der Waals surface area contributed by atoms with Gasteiger partial charge in [0.1, 0.15) is 17.4 Å². The molecule has 1 aromatic rings. The second-order valence-electron chi connectivity index (χ2n) is 5.04. The number of hydrogen-bond acceptors (Lipinski definition) is 4. The molecule has 5 heteroatoms. The lowest BCUT2D eigenvalue weighted by Crippen LogP contribution is -2.21. The van der Waals surface area contributed by atoms with Crippen LogP contribution >= 0.6 is 0 Å². The minimum absolute atomic E-state index is 0.0316. The van der Waals surface area contributed by atoms with Gasteiger partial charge in [-0.3, -0.25) is 10.1 Å². The second-order valence-corrected chi connectivity index (χ2v) is 5.04. The molecule has 104 valence electrons. The number of nitro benzene ring substituents is 1. The van der Waals surface area contributed by atoms with Gasteiger partial charge in [-0.15, -0.1) is 0 Å². The van der Waals surface area contributed by atoms with Crippen LogP contribution in [0.4, 0.5) is 5.69 Å². The summed E-state index contributed by atoms with van der Waals surface area (Å²) in [7, 11) is 0. The van der Waals surface area contributed by atoms with Crippen LogP contribution in [-0.4, -0.2) is 11.5 Å². The largest absolute Gasteiger partial charge is 0.493 e. The Labute approximate surface area is 117 Å². The average Bonchev–Trinajstić information content (AvgIpc) is 2.46. The van der Waals surface area contributed by atoms with E-state index in [1.54, 1.807) is 6.07 Å². The molecule has 2 atom stereocenters. The number of ether oxygens (including phenoxy) is 1. The summed E-state index contributed by atoms with van der Waals surface area (Å²) in [4.78, 5) is 10.2. The summed E-state index contributed by atoms with van der Waals surface area (Å²) >= 11 is 0. The maximum absolute atomic E-state index is 10.7. The van der Waals surface area contributed by atoms with Gasteiger partial charge in [0.05, 0.1) is 11.5 Å². The van der Waals surface area contributed by atoms with Gasteiger partial charge in [0.2, 0.25) is 0 Å². The van der Waals surface area contributed by atoms with Gasteiger partial charge in [-0.05, 0) is 30.7 Å². The Hall–Kier alpha value is -2.35. The molecule has 0 saturated heterocycles. The van der Waals surface area contributed by atoms with Crippen molar-refractivity contribution in [1.29, 1.82) is 5.26 Å². The summed E-state index contributed by atoms with van der Waals surface area (Å²) in [6.45, 7) is 2.75. The number of allylic oxidation sites excluding steroid dienone is 2. The van der Waals surface area contributed by atoms with Gasteiger partial charge >= 0.3 is 0 Å². The number of rotatable bonds is 4. The van der Waals surface area contributed by atoms with Crippen molar-refractivity contribution < 1.29 is 9.66 Å². The minimum Gasteiger partial charge on any atom is -0.493 e. The number of benzene rings is 1. The molecule has 1 aliphatic rings. The van der Waals surface area contributed by atoms with Gasteiger partial charge in [0, 0.05) is 12.1 Å². The Morgan fingerprint density at radius 1 is 1.45 bits per heavy atom. The number of nitro groups is 1. The highest BCUT2D eigenvalue weighted by Gasteiger charge is 2.20. The molecular weight excluding hydrogens is 256 g/mol. The molecule has 1 aliphatic carbocycles. The zero-order valence-corrected chi connectivity index (χ0v) is 11.3. The van der Waals surface area contributed by atoms with Crippen molar-refractivity contribution in [3.63, 3.8) is 0 Å². The molecule has 0 radical (unpaired) electrons. The predicted octanol–water partition coefficient (Wildman–Crippen LogP) is 3.45. The molecule has 0 aliphatic heterocycles. The SMILES string of the molecule is CC1CC=CCC1COc1ccc([N+](=O)[O-])c(C#N)c1. The van der Waals surface area contributed by atoms with E-state index in [1.807, 2.05) is 6.07 Å². The Kier molecular flexibility index (Phi) is 4.36. The van der Waals surface area contributed by atoms with Gasteiger partial charge in [-0.1, -0.05) is 19.1 Å². The first-order valence-electron chi connectivity index (χ1n) is 6.58. The van der Waals surface area contributed by atoms with E-state index in [1.165, 1.54) is 12.1 Å². The first-order valence-corrected chi connectivity index (χ1v) is 6.58. The Bertz CT molecular complexity index is 575. The molecule has 5 nitrogen and oxygen atoms in total. The maximum Gasteiger partial charge on any atom is 0.287 e. The summed E-state index contributed by atoms with van der Waals surface area (Å²) in [5.74, 6) is 1.52. The second kappa shape index (κ2) is 6.20. The van der Waals surface area contributed by atoms with E-state index in [4.69, 9.17) is 10.00 Å². The molecule has 0 amide bonds. The molecule has 0 heterocycles. The van der Waals surface area contributed by atoms with Crippen LogP contribution in [0.2, 0.25) is 0 Å². The molecule has 0 bridgehead atoms. The van der Waals surface area contributed by atoms with Crippen molar-refractivity contribution in [1.82, 2.24) is 0 Å². The summed E-state index contributed by atoms with van der Waals surface area (Å²) in [5.41, 5.74) is -0.155. The standard InChI is InChI=1S/C15H16N2O3/c1-11-4-2-3-5-12(11)10-20-14-6-7-15(17(18)19)13(8-14)9-16/h2-3,6-8,11-12H,4-5,10H2,1H3. The van der Waals surface area contributed by atoms with Crippen LogP contribution < -0.4 is 4.74 Å². The van der Waals surface area contributed by atoms with Gasteiger partial charge in [0.15, 0.2) is 0 Å². The first-order chi connectivity index (χ1) is 9.61. The summed E-state index contributed by atoms with van der Waals surface area (Å²) in [6.07, 6.45) is 6.38. The molecule has 0 fully saturated rings. The topological polar surface area (TPSA) is 76.2 Å². The van der Waals surface area contributed by atoms with E-state index < -0.39 is 4.92 Å². The van der Waals surface area contributed by atoms with E-state index >= 15 is 0 Å². The fourth-order valence-electron chi connectivity index (χ4n) is 2.30. The Balaban J connectivity index is 2.05. The molecule has 0 N–H and O–H groups in total. The highest BCUT2D eigenvalue weighted by Crippen LogP contribution is 2.27. The molecular formula is C15H16N2O3. The van der Waals surface area contributed by atoms with E-state index in [-0.39, 0.29) is 11.3 Å². The van der Waals surface area contributed by atoms with Gasteiger partial charge < -0.3 is 4.74 Å². The Morgan fingerprint density at radius 3 is 2.85 bits per heavy atom. The lowest BCUT2D eigenvalue weighted by Gasteiger charge is -2.25. The molecule has 0 aromatic heterocycles. The highest BCUT2D eigenvalue weighted by atomic mass is 16.6. The lowest BCUT2D eigenvalue weighted by molar-refractivity contribution is -0.385. The van der Waals surface area contributed by atoms with Crippen molar-refractivity contribution in [2.45, 2.75) is 19.8 Å². The number of hydrogen-bond donors (Lipinski definition) is 0. The summed E-state index contributed by atoms with van der Waals surface area (Å²) in [6, 6.07) is 6.12. The van der Waals surface area contributed by atoms with Crippen LogP contribution in [0.5, 0.6) is 5.75 Å². The third-order valence-corrected chi connectivity index (χ3v) is 3.67. The third kappa shape index (κ3) is 3.15. The van der Waals surface area contributed by atoms with Crippen LogP contribution in [0.1, 0.15) is 25.3 Å². The smallest absolute Gasteiger partial charge is 0.287 e. The van der Waals surface area contributed by atoms with Crippen molar-refractivity contribution in [2.75, 3.05) is 6.61 Å². The van der Waals surface area contributed by atoms with Crippen LogP contribution in [0.3, 0.4) is 0 Å². The number of nitrogens with zero attached hydrogens (tertiary/aromatic N) is 2. The normalized spacial score (nSPS) is 21.2. The van der Waals surface area contributed by atoms with Crippen LogP contribution in [0.25, 0.3) is 0 Å². The predicted molar refractivity (Wildman–Crippen MR) is 74.3 cm³/mol. The highest BCUT2D eigenvalue weighted by molar-refractivity contribution is 5.52. The lowest BCUT2D eigenvalue weighted by atomic mass is 9.85. The van der Waals surface area contributed by atoms with Crippen molar-refractivity contribution in [2.24, 2.45) is 11.8 Å². The average molecular weight is 272 g/mol. The van der Waals surface area contributed by atoms with E-state index in [9.17, 15) is 10.1 Å². The van der Waals surface area contributed by atoms with Crippen molar-refractivity contribution in [3.8, 4) is 11.8 Å². The third-order valence-electron chi connectivity index (χ3n) is 3.67. The first kappa shape index (κ1) is 14.1. The Morgan fingerprint density at radius 2 is 2.20 bits per heavy atom. The molecule has 2 rings (SSSR count). The maximum atomic E-state index is 10.7. The zero-order chi connectivity index (χ0) is 14.5. The van der Waals surface area contributed by atoms with E-state index in [0.717, 1.165) is 12.8 Å².